The summed E-state index contributed by atoms with van der Waals surface area (Å²) in [6.07, 6.45) is 0.512. The van der Waals surface area contributed by atoms with Gasteiger partial charge in [0.05, 0.1) is 24.8 Å². The highest BCUT2D eigenvalue weighted by molar-refractivity contribution is 6.00. The molecule has 6 nitrogen and oxygen atoms in total. The lowest BCUT2D eigenvalue weighted by molar-refractivity contribution is -0.200. The zero-order valence-corrected chi connectivity index (χ0v) is 12.8. The van der Waals surface area contributed by atoms with Crippen molar-refractivity contribution in [3.8, 4) is 12.1 Å². The second-order valence-electron chi connectivity index (χ2n) is 6.97. The van der Waals surface area contributed by atoms with Crippen molar-refractivity contribution >= 4 is 5.84 Å². The van der Waals surface area contributed by atoms with Crippen LogP contribution in [0.4, 0.5) is 0 Å². The largest absolute Gasteiger partial charge is 0.386 e. The topological polar surface area (TPSA) is 104 Å². The summed E-state index contributed by atoms with van der Waals surface area (Å²) in [5.74, 6) is -0.937. The van der Waals surface area contributed by atoms with Crippen LogP contribution < -0.4 is 5.73 Å². The molecule has 3 aliphatic rings. The average molecular weight is 288 g/mol. The number of nitriles is 2. The Balaban J connectivity index is 2.20. The summed E-state index contributed by atoms with van der Waals surface area (Å²) < 4.78 is 11.6. The van der Waals surface area contributed by atoms with E-state index in [1.165, 1.54) is 0 Å². The van der Waals surface area contributed by atoms with Crippen LogP contribution in [-0.4, -0.2) is 24.5 Å². The molecule has 3 rings (SSSR count). The van der Waals surface area contributed by atoms with Gasteiger partial charge in [0.25, 0.3) is 5.91 Å². The quantitative estimate of drug-likeness (QED) is 0.829. The number of nitrogens with zero attached hydrogens (tertiary/aromatic N) is 3. The van der Waals surface area contributed by atoms with Gasteiger partial charge >= 0.3 is 0 Å². The molecular weight excluding hydrogens is 268 g/mol. The summed E-state index contributed by atoms with van der Waals surface area (Å²) in [7, 11) is 0. The molecule has 6 heteroatoms. The van der Waals surface area contributed by atoms with Crippen molar-refractivity contribution in [2.75, 3.05) is 6.61 Å². The van der Waals surface area contributed by atoms with E-state index in [1.54, 1.807) is 0 Å². The van der Waals surface area contributed by atoms with Crippen molar-refractivity contribution in [2.45, 2.75) is 46.1 Å². The third-order valence-electron chi connectivity index (χ3n) is 5.31. The van der Waals surface area contributed by atoms with Gasteiger partial charge in [-0.15, -0.1) is 0 Å². The molecule has 0 aromatic heterocycles. The van der Waals surface area contributed by atoms with Crippen LogP contribution in [0.5, 0.6) is 0 Å². The zero-order valence-electron chi connectivity index (χ0n) is 12.8. The van der Waals surface area contributed by atoms with Crippen molar-refractivity contribution in [1.29, 1.82) is 10.5 Å². The fourth-order valence-electron chi connectivity index (χ4n) is 4.66. The summed E-state index contributed by atoms with van der Waals surface area (Å²) in [4.78, 5) is 4.29. The minimum absolute atomic E-state index is 0.170. The molecule has 2 fully saturated rings. The predicted octanol–water partition coefficient (Wildman–Crippen LogP) is 1.53. The molecule has 1 aliphatic carbocycles. The van der Waals surface area contributed by atoms with Crippen molar-refractivity contribution in [3.63, 3.8) is 0 Å². The zero-order chi connectivity index (χ0) is 15.7. The lowest BCUT2D eigenvalue weighted by Gasteiger charge is -2.30. The van der Waals surface area contributed by atoms with Gasteiger partial charge in [0.1, 0.15) is 11.3 Å². The minimum atomic E-state index is -1.43. The molecule has 2 N–H and O–H groups in total. The molecule has 2 aliphatic heterocycles. The second-order valence-corrected chi connectivity index (χ2v) is 6.97. The van der Waals surface area contributed by atoms with Crippen LogP contribution in [0.15, 0.2) is 4.99 Å². The highest BCUT2D eigenvalue weighted by Gasteiger charge is 2.99. The summed E-state index contributed by atoms with van der Waals surface area (Å²) in [6.45, 7) is 8.26. The van der Waals surface area contributed by atoms with E-state index in [2.05, 4.69) is 31.0 Å². The Morgan fingerprint density at radius 2 is 2.10 bits per heavy atom. The summed E-state index contributed by atoms with van der Waals surface area (Å²) in [6, 6.07) is 4.60. The Morgan fingerprint density at radius 3 is 2.52 bits per heavy atom. The van der Waals surface area contributed by atoms with Gasteiger partial charge in [-0.1, -0.05) is 20.8 Å². The molecule has 1 saturated heterocycles. The maximum absolute atomic E-state index is 9.95. The molecule has 0 amide bonds. The van der Waals surface area contributed by atoms with E-state index in [0.717, 1.165) is 0 Å². The van der Waals surface area contributed by atoms with E-state index < -0.39 is 22.2 Å². The van der Waals surface area contributed by atoms with E-state index in [9.17, 15) is 10.5 Å². The van der Waals surface area contributed by atoms with Gasteiger partial charge in [0.2, 0.25) is 0 Å². The van der Waals surface area contributed by atoms with Gasteiger partial charge in [-0.2, -0.15) is 10.5 Å². The van der Waals surface area contributed by atoms with Gasteiger partial charge in [-0.25, -0.2) is 4.99 Å². The SMILES string of the molecule is CC(C)C[C@@]1(C)[C@]2(C#N)C(N)=N[C@]3(OC[C@@H](C)O3)[C@]12C#N. The third-order valence-corrected chi connectivity index (χ3v) is 5.31. The number of rotatable bonds is 2. The molecule has 0 bridgehead atoms. The standard InChI is InChI=1S/C15H20N4O2/c1-9(2)5-12(4)13(7-16)11(18)19-15(14(12,13)8-17)20-6-10(3)21-15/h9-10H,5-6H2,1-4H3,(H2,18,19)/t10-,12+,13+,14-,15+/m1/s1. The van der Waals surface area contributed by atoms with E-state index in [1.807, 2.05) is 13.8 Å². The van der Waals surface area contributed by atoms with Gasteiger partial charge in [-0.3, -0.25) is 0 Å². The molecule has 2 heterocycles. The molecule has 5 atom stereocenters. The van der Waals surface area contributed by atoms with E-state index in [4.69, 9.17) is 15.2 Å². The van der Waals surface area contributed by atoms with Crippen LogP contribution in [0.3, 0.4) is 0 Å². The highest BCUT2D eigenvalue weighted by atomic mass is 16.8. The first-order valence-electron chi connectivity index (χ1n) is 7.27. The van der Waals surface area contributed by atoms with E-state index in [0.29, 0.717) is 18.9 Å². The van der Waals surface area contributed by atoms with Gasteiger partial charge in [0, 0.05) is 5.41 Å². The molecule has 1 saturated carbocycles. The number of ether oxygens (including phenoxy) is 2. The number of fused-ring (bicyclic) bond motifs is 2. The van der Waals surface area contributed by atoms with Crippen molar-refractivity contribution in [2.24, 2.45) is 32.9 Å². The Bertz CT molecular complexity index is 618. The van der Waals surface area contributed by atoms with Crippen LogP contribution in [0, 0.1) is 44.8 Å². The second kappa shape index (κ2) is 3.76. The monoisotopic (exact) mass is 288 g/mol. The number of hydrogen-bond acceptors (Lipinski definition) is 6. The minimum Gasteiger partial charge on any atom is -0.386 e. The normalized spacial score (nSPS) is 50.6. The molecule has 0 aromatic rings. The maximum atomic E-state index is 9.95. The molecule has 0 unspecified atom stereocenters. The lowest BCUT2D eigenvalue weighted by Crippen LogP contribution is -2.41. The van der Waals surface area contributed by atoms with Crippen LogP contribution in [0.1, 0.15) is 34.1 Å². The Labute approximate surface area is 124 Å². The molecular formula is C15H20N4O2. The molecule has 0 aromatic carbocycles. The number of hydrogen-bond donors (Lipinski definition) is 1. The number of aliphatic imine (C=N–C) groups is 1. The van der Waals surface area contributed by atoms with Crippen LogP contribution in [-0.2, 0) is 9.47 Å². The van der Waals surface area contributed by atoms with Gasteiger partial charge in [-0.05, 0) is 19.3 Å². The van der Waals surface area contributed by atoms with Crippen molar-refractivity contribution in [1.82, 2.24) is 0 Å². The molecule has 1 spiro atoms. The van der Waals surface area contributed by atoms with Gasteiger partial charge in [0.15, 0.2) is 5.41 Å². The fourth-order valence-corrected chi connectivity index (χ4v) is 4.66. The fraction of sp³-hybridized carbons (Fsp3) is 0.800. The number of nitrogens with two attached hydrogens (primary N) is 1. The summed E-state index contributed by atoms with van der Waals surface area (Å²) in [5.41, 5.74) is 3.19. The Morgan fingerprint density at radius 1 is 1.43 bits per heavy atom. The smallest absolute Gasteiger partial charge is 0.293 e. The van der Waals surface area contributed by atoms with E-state index in [-0.39, 0.29) is 11.9 Å². The van der Waals surface area contributed by atoms with Crippen LogP contribution in [0.2, 0.25) is 0 Å². The molecule has 21 heavy (non-hydrogen) atoms. The first kappa shape index (κ1) is 14.3. The molecule has 112 valence electrons. The van der Waals surface area contributed by atoms with Gasteiger partial charge < -0.3 is 15.2 Å². The first-order valence-corrected chi connectivity index (χ1v) is 7.27. The summed E-state index contributed by atoms with van der Waals surface area (Å²) >= 11 is 0. The Hall–Kier alpha value is -1.63. The third kappa shape index (κ3) is 1.15. The van der Waals surface area contributed by atoms with E-state index >= 15 is 0 Å². The van der Waals surface area contributed by atoms with Crippen LogP contribution >= 0.6 is 0 Å². The first-order chi connectivity index (χ1) is 9.77. The summed E-state index contributed by atoms with van der Waals surface area (Å²) in [5, 5.41) is 19.8. The number of amidine groups is 1. The van der Waals surface area contributed by atoms with Crippen LogP contribution in [0.25, 0.3) is 0 Å². The predicted molar refractivity (Wildman–Crippen MR) is 74.5 cm³/mol. The molecule has 0 radical (unpaired) electrons. The van der Waals surface area contributed by atoms with Crippen molar-refractivity contribution in [3.05, 3.63) is 0 Å². The average Bonchev–Trinajstić information content (AvgIpc) is 2.62. The Kier molecular flexibility index (Phi) is 2.57. The maximum Gasteiger partial charge on any atom is 0.293 e. The highest BCUT2D eigenvalue weighted by Crippen LogP contribution is 2.87. The lowest BCUT2D eigenvalue weighted by atomic mass is 9.84. The van der Waals surface area contributed by atoms with Crippen molar-refractivity contribution < 1.29 is 9.47 Å².